The fraction of sp³-hybridized carbons (Fsp3) is 0.250. The van der Waals surface area contributed by atoms with E-state index in [-0.39, 0.29) is 5.56 Å². The predicted molar refractivity (Wildman–Crippen MR) is 137 cm³/mol. The molecule has 0 fully saturated rings. The molecule has 0 spiro atoms. The molecule has 0 aliphatic carbocycles. The molecule has 4 rings (SSSR count). The minimum atomic E-state index is -1.04. The van der Waals surface area contributed by atoms with E-state index >= 15 is 0 Å². The van der Waals surface area contributed by atoms with Gasteiger partial charge in [-0.1, -0.05) is 24.8 Å². The number of H-pyrrole nitrogens is 1. The molecular formula is C28H31N3O2. The smallest absolute Gasteiger partial charge is 0.272 e. The number of nitrogens with zero attached hydrogens (tertiary/aromatic N) is 2. The number of rotatable bonds is 6. The van der Waals surface area contributed by atoms with Gasteiger partial charge < -0.3 is 19.2 Å². The number of nitrogens with one attached hydrogen (secondary N) is 1. The van der Waals surface area contributed by atoms with Crippen LogP contribution < -0.4 is 5.56 Å². The van der Waals surface area contributed by atoms with Crippen LogP contribution in [0.2, 0.25) is 0 Å². The zero-order valence-electron chi connectivity index (χ0n) is 20.0. The molecular weight excluding hydrogens is 410 g/mol. The van der Waals surface area contributed by atoms with Gasteiger partial charge in [0.2, 0.25) is 0 Å². The summed E-state index contributed by atoms with van der Waals surface area (Å²) in [6.07, 6.45) is 7.56. The first-order valence-electron chi connectivity index (χ1n) is 11.0. The largest absolute Gasteiger partial charge is 0.386 e. The Morgan fingerprint density at radius 2 is 1.94 bits per heavy atom. The number of benzene rings is 1. The van der Waals surface area contributed by atoms with Crippen LogP contribution in [0.25, 0.3) is 32.9 Å². The Balaban J connectivity index is 2.02. The predicted octanol–water partition coefficient (Wildman–Crippen LogP) is 5.79. The van der Waals surface area contributed by atoms with Gasteiger partial charge in [0.25, 0.3) is 5.56 Å². The maximum Gasteiger partial charge on any atom is 0.272 e. The summed E-state index contributed by atoms with van der Waals surface area (Å²) < 4.78 is 4.04. The number of allylic oxidation sites excluding steroid dienone is 4. The van der Waals surface area contributed by atoms with Crippen molar-refractivity contribution in [1.82, 2.24) is 14.1 Å². The second-order valence-electron chi connectivity index (χ2n) is 9.33. The molecule has 3 heterocycles. The van der Waals surface area contributed by atoms with Crippen molar-refractivity contribution in [3.8, 4) is 11.1 Å². The van der Waals surface area contributed by atoms with Crippen LogP contribution in [0, 0.1) is 0 Å². The van der Waals surface area contributed by atoms with Crippen molar-refractivity contribution in [2.75, 3.05) is 0 Å². The summed E-state index contributed by atoms with van der Waals surface area (Å²) in [4.78, 5) is 15.2. The van der Waals surface area contributed by atoms with E-state index < -0.39 is 5.60 Å². The molecule has 170 valence electrons. The van der Waals surface area contributed by atoms with Gasteiger partial charge in [-0.15, -0.1) is 0 Å². The maximum absolute atomic E-state index is 12.4. The highest BCUT2D eigenvalue weighted by atomic mass is 16.3. The normalized spacial score (nSPS) is 12.9. The Hall–Kier alpha value is -3.57. The van der Waals surface area contributed by atoms with Gasteiger partial charge in [-0.25, -0.2) is 0 Å². The molecule has 5 heteroatoms. The summed E-state index contributed by atoms with van der Waals surface area (Å²) in [6, 6.07) is 8.15. The summed E-state index contributed by atoms with van der Waals surface area (Å²) in [5.74, 6) is 0. The number of aromatic amines is 1. The number of pyridine rings is 1. The zero-order chi connectivity index (χ0) is 24.1. The lowest BCUT2D eigenvalue weighted by molar-refractivity contribution is 0.0802. The molecule has 0 radical (unpaired) electrons. The monoisotopic (exact) mass is 441 g/mol. The summed E-state index contributed by atoms with van der Waals surface area (Å²) in [5.41, 5.74) is 6.47. The molecule has 0 unspecified atom stereocenters. The molecule has 0 bridgehead atoms. The zero-order valence-corrected chi connectivity index (χ0v) is 20.0. The first-order chi connectivity index (χ1) is 15.5. The molecule has 4 aromatic rings. The van der Waals surface area contributed by atoms with E-state index in [1.807, 2.05) is 49.9 Å². The van der Waals surface area contributed by atoms with E-state index in [0.717, 1.165) is 49.7 Å². The van der Waals surface area contributed by atoms with Gasteiger partial charge in [-0.3, -0.25) is 4.79 Å². The van der Waals surface area contributed by atoms with Crippen molar-refractivity contribution in [2.45, 2.75) is 39.8 Å². The maximum atomic E-state index is 12.4. The highest BCUT2D eigenvalue weighted by Gasteiger charge is 2.23. The second kappa shape index (κ2) is 8.09. The molecule has 0 aliphatic heterocycles. The SMILES string of the molecule is C=C/C(C)=C(/Cn1ccc2c(C(C)(C)O)cc(-c3cn(C)c4c(=O)[nH]ccc34)cc21)C(=C)C. The van der Waals surface area contributed by atoms with Gasteiger partial charge >= 0.3 is 0 Å². The lowest BCUT2D eigenvalue weighted by Gasteiger charge is -2.21. The third kappa shape index (κ3) is 3.89. The third-order valence-electron chi connectivity index (χ3n) is 6.38. The van der Waals surface area contributed by atoms with E-state index in [2.05, 4.69) is 41.0 Å². The van der Waals surface area contributed by atoms with Crippen LogP contribution in [0.5, 0.6) is 0 Å². The standard InChI is InChI=1S/C28H31N3O2/c1-8-18(4)22(17(2)3)16-31-12-10-21-24(28(5,6)33)13-19(14-25(21)31)23-15-30(7)26-20(23)9-11-29-27(26)32/h8-15,33H,1-2,16H2,3-7H3,(H,29,32)/b22-18-. The van der Waals surface area contributed by atoms with Crippen LogP contribution in [0.1, 0.15) is 33.3 Å². The number of hydrogen-bond acceptors (Lipinski definition) is 2. The van der Waals surface area contributed by atoms with E-state index in [4.69, 9.17) is 0 Å². The Morgan fingerprint density at radius 1 is 1.21 bits per heavy atom. The van der Waals surface area contributed by atoms with Gasteiger partial charge in [-0.05, 0) is 74.2 Å². The van der Waals surface area contributed by atoms with Crippen LogP contribution in [0.3, 0.4) is 0 Å². The Bertz CT molecular complexity index is 1500. The Labute approximate surface area is 194 Å². The fourth-order valence-corrected chi connectivity index (χ4v) is 4.58. The van der Waals surface area contributed by atoms with Crippen LogP contribution in [-0.4, -0.2) is 19.2 Å². The highest BCUT2D eigenvalue weighted by Crippen LogP contribution is 2.37. The second-order valence-corrected chi connectivity index (χ2v) is 9.33. The van der Waals surface area contributed by atoms with Crippen LogP contribution >= 0.6 is 0 Å². The minimum Gasteiger partial charge on any atom is -0.386 e. The van der Waals surface area contributed by atoms with E-state index in [1.54, 1.807) is 20.0 Å². The Kier molecular flexibility index (Phi) is 5.54. The molecule has 0 saturated heterocycles. The lowest BCUT2D eigenvalue weighted by atomic mass is 9.91. The first kappa shape index (κ1) is 22.6. The fourth-order valence-electron chi connectivity index (χ4n) is 4.58. The van der Waals surface area contributed by atoms with E-state index in [1.165, 1.54) is 0 Å². The Morgan fingerprint density at radius 3 is 2.58 bits per heavy atom. The first-order valence-corrected chi connectivity index (χ1v) is 11.0. The van der Waals surface area contributed by atoms with Crippen LogP contribution in [-0.2, 0) is 19.2 Å². The average molecular weight is 442 g/mol. The van der Waals surface area contributed by atoms with Gasteiger partial charge in [0.15, 0.2) is 0 Å². The molecule has 0 saturated carbocycles. The van der Waals surface area contributed by atoms with Crippen LogP contribution in [0.15, 0.2) is 83.6 Å². The molecule has 2 N–H and O–H groups in total. The highest BCUT2D eigenvalue weighted by molar-refractivity contribution is 5.99. The van der Waals surface area contributed by atoms with Crippen molar-refractivity contribution in [2.24, 2.45) is 7.05 Å². The summed E-state index contributed by atoms with van der Waals surface area (Å²) in [6.45, 7) is 16.4. The minimum absolute atomic E-state index is 0.121. The molecule has 0 aliphatic rings. The molecule has 33 heavy (non-hydrogen) atoms. The average Bonchev–Trinajstić information content (AvgIpc) is 3.31. The van der Waals surface area contributed by atoms with Crippen molar-refractivity contribution in [3.05, 3.63) is 94.7 Å². The topological polar surface area (TPSA) is 62.9 Å². The number of aromatic nitrogens is 3. The number of hydrogen-bond donors (Lipinski definition) is 2. The molecule has 0 amide bonds. The van der Waals surface area contributed by atoms with Gasteiger partial charge in [0.1, 0.15) is 5.52 Å². The number of aryl methyl sites for hydroxylation is 1. The molecule has 5 nitrogen and oxygen atoms in total. The van der Waals surface area contributed by atoms with Crippen molar-refractivity contribution in [1.29, 1.82) is 0 Å². The van der Waals surface area contributed by atoms with Gasteiger partial charge in [0, 0.05) is 54.0 Å². The summed E-state index contributed by atoms with van der Waals surface area (Å²) in [7, 11) is 1.88. The third-order valence-corrected chi connectivity index (χ3v) is 6.38. The van der Waals surface area contributed by atoms with Gasteiger partial charge in [-0.2, -0.15) is 0 Å². The molecule has 0 atom stereocenters. The summed E-state index contributed by atoms with van der Waals surface area (Å²) >= 11 is 0. The molecule has 3 aromatic heterocycles. The lowest BCUT2D eigenvalue weighted by Crippen LogP contribution is -2.16. The van der Waals surface area contributed by atoms with Crippen molar-refractivity contribution in [3.63, 3.8) is 0 Å². The van der Waals surface area contributed by atoms with Crippen molar-refractivity contribution >= 4 is 21.8 Å². The number of fused-ring (bicyclic) bond motifs is 2. The van der Waals surface area contributed by atoms with Gasteiger partial charge in [0.05, 0.1) is 5.60 Å². The summed E-state index contributed by atoms with van der Waals surface area (Å²) in [5, 5.41) is 12.9. The number of aliphatic hydroxyl groups is 1. The quantitative estimate of drug-likeness (QED) is 0.372. The van der Waals surface area contributed by atoms with E-state index in [9.17, 15) is 9.90 Å². The van der Waals surface area contributed by atoms with Crippen molar-refractivity contribution < 1.29 is 5.11 Å². The molecule has 1 aromatic carbocycles. The van der Waals surface area contributed by atoms with Crippen LogP contribution in [0.4, 0.5) is 0 Å². The van der Waals surface area contributed by atoms with E-state index in [0.29, 0.717) is 12.1 Å².